The molecule has 2 rings (SSSR count). The van der Waals surface area contributed by atoms with Gasteiger partial charge in [-0.3, -0.25) is 0 Å². The van der Waals surface area contributed by atoms with Gasteiger partial charge in [-0.05, 0) is 17.7 Å². The first-order chi connectivity index (χ1) is 9.27. The predicted molar refractivity (Wildman–Crippen MR) is 84.2 cm³/mol. The quantitative estimate of drug-likeness (QED) is 0.922. The molecule has 1 aromatic carbocycles. The third kappa shape index (κ3) is 3.28. The van der Waals surface area contributed by atoms with Gasteiger partial charge >= 0.3 is 6.03 Å². The van der Waals surface area contributed by atoms with Crippen molar-refractivity contribution < 1.29 is 4.79 Å². The number of thiazole rings is 1. The van der Waals surface area contributed by atoms with Crippen LogP contribution in [0.15, 0.2) is 18.2 Å². The van der Waals surface area contributed by atoms with E-state index in [2.05, 4.69) is 37.1 Å². The van der Waals surface area contributed by atoms with Gasteiger partial charge in [-0.25, -0.2) is 9.78 Å². The zero-order chi connectivity index (χ0) is 14.9. The number of nitrogens with one attached hydrogen (secondary N) is 1. The van der Waals surface area contributed by atoms with Crippen LogP contribution in [0.2, 0.25) is 0 Å². The lowest BCUT2D eigenvalue weighted by atomic mass is 9.98. The summed E-state index contributed by atoms with van der Waals surface area (Å²) in [6.45, 7) is 7.05. The Labute approximate surface area is 123 Å². The number of aromatic nitrogens is 1. The highest BCUT2D eigenvalue weighted by Crippen LogP contribution is 2.31. The molecule has 0 aliphatic carbocycles. The van der Waals surface area contributed by atoms with Crippen LogP contribution in [-0.4, -0.2) is 30.0 Å². The summed E-state index contributed by atoms with van der Waals surface area (Å²) in [5.41, 5.74) is 2.20. The molecule has 1 N–H and O–H groups in total. The van der Waals surface area contributed by atoms with Gasteiger partial charge in [0.1, 0.15) is 0 Å². The molecular weight excluding hydrogens is 270 g/mol. The molecule has 0 aliphatic heterocycles. The Balaban J connectivity index is 2.19. The maximum absolute atomic E-state index is 11.5. The van der Waals surface area contributed by atoms with E-state index in [1.165, 1.54) is 9.60 Å². The number of carbonyl (C=O) groups is 1. The third-order valence-corrected chi connectivity index (χ3v) is 4.39. The second kappa shape index (κ2) is 5.40. The van der Waals surface area contributed by atoms with Crippen molar-refractivity contribution in [2.24, 2.45) is 0 Å². The zero-order valence-electron chi connectivity index (χ0n) is 12.7. The molecule has 0 aliphatic rings. The van der Waals surface area contributed by atoms with Gasteiger partial charge < -0.3 is 10.2 Å². The molecule has 2 aromatic rings. The molecular formula is C15H21N3OS. The average Bonchev–Trinajstić information content (AvgIpc) is 2.78. The lowest BCUT2D eigenvalue weighted by Crippen LogP contribution is -2.33. The fraction of sp³-hybridized carbons (Fsp3) is 0.467. The number of amides is 2. The number of urea groups is 1. The van der Waals surface area contributed by atoms with Gasteiger partial charge in [-0.2, -0.15) is 0 Å². The predicted octanol–water partition coefficient (Wildman–Crippen LogP) is 3.37. The molecule has 0 unspecified atom stereocenters. The van der Waals surface area contributed by atoms with E-state index >= 15 is 0 Å². The molecule has 4 nitrogen and oxygen atoms in total. The Morgan fingerprint density at radius 1 is 1.35 bits per heavy atom. The Morgan fingerprint density at radius 3 is 2.65 bits per heavy atom. The van der Waals surface area contributed by atoms with Crippen molar-refractivity contribution in [3.63, 3.8) is 0 Å². The maximum atomic E-state index is 11.5. The van der Waals surface area contributed by atoms with Crippen LogP contribution in [0.1, 0.15) is 31.3 Å². The van der Waals surface area contributed by atoms with Crippen LogP contribution in [-0.2, 0) is 12.0 Å². The van der Waals surface area contributed by atoms with E-state index in [9.17, 15) is 4.79 Å². The van der Waals surface area contributed by atoms with Crippen LogP contribution in [0.4, 0.5) is 4.79 Å². The SMILES string of the molecule is CN(C)C(=O)NCc1ccc2nc(C(C)(C)C)sc2c1. The van der Waals surface area contributed by atoms with E-state index < -0.39 is 0 Å². The van der Waals surface area contributed by atoms with E-state index in [0.717, 1.165) is 16.1 Å². The van der Waals surface area contributed by atoms with Gasteiger partial charge in [-0.1, -0.05) is 26.8 Å². The first-order valence-electron chi connectivity index (χ1n) is 6.62. The van der Waals surface area contributed by atoms with Crippen LogP contribution in [0, 0.1) is 0 Å². The van der Waals surface area contributed by atoms with E-state index in [1.54, 1.807) is 25.4 Å². The molecule has 5 heteroatoms. The van der Waals surface area contributed by atoms with Gasteiger partial charge in [0.25, 0.3) is 0 Å². The molecule has 0 spiro atoms. The van der Waals surface area contributed by atoms with Crippen LogP contribution in [0.5, 0.6) is 0 Å². The highest BCUT2D eigenvalue weighted by Gasteiger charge is 2.18. The molecule has 108 valence electrons. The number of fused-ring (bicyclic) bond motifs is 1. The van der Waals surface area contributed by atoms with Gasteiger partial charge in [0.2, 0.25) is 0 Å². The van der Waals surface area contributed by atoms with E-state index in [-0.39, 0.29) is 11.4 Å². The smallest absolute Gasteiger partial charge is 0.317 e. The summed E-state index contributed by atoms with van der Waals surface area (Å²) >= 11 is 1.72. The Hall–Kier alpha value is -1.62. The van der Waals surface area contributed by atoms with E-state index in [4.69, 9.17) is 0 Å². The van der Waals surface area contributed by atoms with Crippen LogP contribution in [0.3, 0.4) is 0 Å². The minimum absolute atomic E-state index is 0.0724. The largest absolute Gasteiger partial charge is 0.334 e. The molecule has 0 saturated carbocycles. The number of benzene rings is 1. The lowest BCUT2D eigenvalue weighted by Gasteiger charge is -2.13. The van der Waals surface area contributed by atoms with Crippen molar-refractivity contribution >= 4 is 27.6 Å². The summed E-state index contributed by atoms with van der Waals surface area (Å²) in [7, 11) is 3.47. The Kier molecular flexibility index (Phi) is 3.99. The van der Waals surface area contributed by atoms with Gasteiger partial charge in [-0.15, -0.1) is 11.3 Å². The number of hydrogen-bond donors (Lipinski definition) is 1. The monoisotopic (exact) mass is 291 g/mol. The van der Waals surface area contributed by atoms with Crippen molar-refractivity contribution in [1.29, 1.82) is 0 Å². The van der Waals surface area contributed by atoms with Crippen molar-refractivity contribution in [3.05, 3.63) is 28.8 Å². The molecule has 1 heterocycles. The average molecular weight is 291 g/mol. The van der Waals surface area contributed by atoms with Crippen LogP contribution in [0.25, 0.3) is 10.2 Å². The Bertz CT molecular complexity index is 626. The molecule has 0 saturated heterocycles. The minimum Gasteiger partial charge on any atom is -0.334 e. The summed E-state index contributed by atoms with van der Waals surface area (Å²) in [5, 5.41) is 4.01. The van der Waals surface area contributed by atoms with E-state index in [1.807, 2.05) is 12.1 Å². The first-order valence-corrected chi connectivity index (χ1v) is 7.44. The normalized spacial score (nSPS) is 11.7. The van der Waals surface area contributed by atoms with Crippen molar-refractivity contribution in [2.45, 2.75) is 32.7 Å². The second-order valence-corrected chi connectivity index (χ2v) is 7.15. The summed E-state index contributed by atoms with van der Waals surface area (Å²) in [5.74, 6) is 0. The number of rotatable bonds is 2. The van der Waals surface area contributed by atoms with E-state index in [0.29, 0.717) is 6.54 Å². The summed E-state index contributed by atoms with van der Waals surface area (Å²) in [4.78, 5) is 17.7. The van der Waals surface area contributed by atoms with Gasteiger partial charge in [0.15, 0.2) is 0 Å². The first kappa shape index (κ1) is 14.8. The second-order valence-electron chi connectivity index (χ2n) is 6.12. The maximum Gasteiger partial charge on any atom is 0.317 e. The van der Waals surface area contributed by atoms with Gasteiger partial charge in [0.05, 0.1) is 15.2 Å². The van der Waals surface area contributed by atoms with Crippen molar-refractivity contribution in [2.75, 3.05) is 14.1 Å². The number of hydrogen-bond acceptors (Lipinski definition) is 3. The fourth-order valence-corrected chi connectivity index (χ4v) is 2.82. The molecule has 0 fully saturated rings. The highest BCUT2D eigenvalue weighted by molar-refractivity contribution is 7.18. The Morgan fingerprint density at radius 2 is 2.05 bits per heavy atom. The van der Waals surface area contributed by atoms with Crippen molar-refractivity contribution in [3.8, 4) is 0 Å². The topological polar surface area (TPSA) is 45.2 Å². The fourth-order valence-electron chi connectivity index (χ4n) is 1.74. The minimum atomic E-state index is -0.0789. The van der Waals surface area contributed by atoms with Crippen LogP contribution < -0.4 is 5.32 Å². The molecule has 2 amide bonds. The van der Waals surface area contributed by atoms with Crippen molar-refractivity contribution in [1.82, 2.24) is 15.2 Å². The van der Waals surface area contributed by atoms with Gasteiger partial charge in [0, 0.05) is 26.1 Å². The summed E-state index contributed by atoms with van der Waals surface area (Å²) in [6, 6.07) is 6.07. The molecule has 20 heavy (non-hydrogen) atoms. The number of nitrogens with zero attached hydrogens (tertiary/aromatic N) is 2. The standard InChI is InChI=1S/C15H21N3OS/c1-15(2,3)13-17-11-7-6-10(8-12(11)20-13)9-16-14(19)18(4)5/h6-8H,9H2,1-5H3,(H,16,19). The highest BCUT2D eigenvalue weighted by atomic mass is 32.1. The lowest BCUT2D eigenvalue weighted by molar-refractivity contribution is 0.217. The molecule has 0 radical (unpaired) electrons. The molecule has 1 aromatic heterocycles. The third-order valence-electron chi connectivity index (χ3n) is 2.94. The number of carbonyl (C=O) groups excluding carboxylic acids is 1. The zero-order valence-corrected chi connectivity index (χ0v) is 13.5. The van der Waals surface area contributed by atoms with Crippen LogP contribution >= 0.6 is 11.3 Å². The summed E-state index contributed by atoms with van der Waals surface area (Å²) in [6.07, 6.45) is 0. The molecule has 0 atom stereocenters. The summed E-state index contributed by atoms with van der Waals surface area (Å²) < 4.78 is 1.17. The molecule has 0 bridgehead atoms.